The second-order valence-electron chi connectivity index (χ2n) is 8.47. The molecular formula is C22H28FN5. The lowest BCUT2D eigenvalue weighted by molar-refractivity contribution is 0.313. The average molecular weight is 381 g/mol. The molecule has 1 aromatic carbocycles. The normalized spacial score (nSPS) is 24.5. The molecule has 0 bridgehead atoms. The summed E-state index contributed by atoms with van der Waals surface area (Å²) in [4.78, 5) is 14.4. The van der Waals surface area contributed by atoms with Gasteiger partial charge in [-0.1, -0.05) is 12.1 Å². The van der Waals surface area contributed by atoms with Crippen molar-refractivity contribution in [3.8, 4) is 0 Å². The number of nitrogens with zero attached hydrogens (tertiary/aromatic N) is 4. The Labute approximate surface area is 166 Å². The fraction of sp³-hybridized carbons (Fsp3) is 0.545. The van der Waals surface area contributed by atoms with E-state index in [-0.39, 0.29) is 5.82 Å². The van der Waals surface area contributed by atoms with Crippen molar-refractivity contribution in [2.24, 2.45) is 5.92 Å². The van der Waals surface area contributed by atoms with Crippen LogP contribution in [0.5, 0.6) is 0 Å². The van der Waals surface area contributed by atoms with Gasteiger partial charge in [0.1, 0.15) is 5.82 Å². The van der Waals surface area contributed by atoms with Gasteiger partial charge < -0.3 is 10.2 Å². The number of hydrogen-bond acceptors (Lipinski definition) is 5. The average Bonchev–Trinajstić information content (AvgIpc) is 3.40. The summed E-state index contributed by atoms with van der Waals surface area (Å²) >= 11 is 0. The van der Waals surface area contributed by atoms with Crippen LogP contribution in [0.1, 0.15) is 35.6 Å². The fourth-order valence-electron chi connectivity index (χ4n) is 5.05. The molecule has 6 heteroatoms. The molecule has 3 aliphatic rings. The lowest BCUT2D eigenvalue weighted by Gasteiger charge is -2.17. The predicted molar refractivity (Wildman–Crippen MR) is 108 cm³/mol. The molecule has 2 fully saturated rings. The molecule has 148 valence electrons. The van der Waals surface area contributed by atoms with Gasteiger partial charge in [-0.3, -0.25) is 4.90 Å². The first-order valence-electron chi connectivity index (χ1n) is 10.5. The summed E-state index contributed by atoms with van der Waals surface area (Å²) in [6.07, 6.45) is 5.76. The van der Waals surface area contributed by atoms with Crippen LogP contribution in [0.4, 0.5) is 10.3 Å². The molecule has 1 aromatic heterocycles. The SMILES string of the molecule is Fc1ccc(CN2C[C@@H]3Cc4cnc(NCCN5CCCC5)nc4[C@@H]3C2)cc1. The van der Waals surface area contributed by atoms with Gasteiger partial charge in [-0.25, -0.2) is 14.4 Å². The lowest BCUT2D eigenvalue weighted by Crippen LogP contribution is -2.26. The first-order valence-corrected chi connectivity index (χ1v) is 10.5. The van der Waals surface area contributed by atoms with Gasteiger partial charge >= 0.3 is 0 Å². The molecule has 2 atom stereocenters. The zero-order chi connectivity index (χ0) is 18.9. The molecule has 1 aliphatic carbocycles. The van der Waals surface area contributed by atoms with Gasteiger partial charge in [0, 0.05) is 44.8 Å². The molecule has 2 saturated heterocycles. The minimum Gasteiger partial charge on any atom is -0.353 e. The third kappa shape index (κ3) is 3.76. The van der Waals surface area contributed by atoms with Gasteiger partial charge in [0.25, 0.3) is 0 Å². The summed E-state index contributed by atoms with van der Waals surface area (Å²) in [6.45, 7) is 7.41. The molecule has 5 rings (SSSR count). The van der Waals surface area contributed by atoms with E-state index in [1.165, 1.54) is 42.8 Å². The minimum absolute atomic E-state index is 0.169. The standard InChI is InChI=1S/C22H28FN5/c23-19-5-3-16(4-6-19)13-28-14-18-11-17-12-25-22(26-21(17)20(18)15-28)24-7-10-27-8-1-2-9-27/h3-6,12,18,20H,1-2,7-11,13-15H2,(H,24,25,26)/t18-,20+/m0/s1. The largest absolute Gasteiger partial charge is 0.353 e. The highest BCUT2D eigenvalue weighted by atomic mass is 19.1. The summed E-state index contributed by atoms with van der Waals surface area (Å²) < 4.78 is 13.1. The second kappa shape index (κ2) is 7.76. The summed E-state index contributed by atoms with van der Waals surface area (Å²) in [5.74, 6) is 1.73. The second-order valence-corrected chi connectivity index (χ2v) is 8.47. The van der Waals surface area contributed by atoms with Crippen molar-refractivity contribution >= 4 is 5.95 Å². The van der Waals surface area contributed by atoms with E-state index in [0.717, 1.165) is 45.1 Å². The molecular weight excluding hydrogens is 353 g/mol. The van der Waals surface area contributed by atoms with E-state index in [1.807, 2.05) is 18.3 Å². The number of likely N-dealkylation sites (tertiary alicyclic amines) is 2. The third-order valence-corrected chi connectivity index (χ3v) is 6.48. The molecule has 28 heavy (non-hydrogen) atoms. The lowest BCUT2D eigenvalue weighted by atomic mass is 9.99. The zero-order valence-corrected chi connectivity index (χ0v) is 16.3. The minimum atomic E-state index is -0.169. The predicted octanol–water partition coefficient (Wildman–Crippen LogP) is 2.90. The Morgan fingerprint density at radius 2 is 1.89 bits per heavy atom. The number of anilines is 1. The Morgan fingerprint density at radius 3 is 2.71 bits per heavy atom. The third-order valence-electron chi connectivity index (χ3n) is 6.48. The fourth-order valence-corrected chi connectivity index (χ4v) is 5.05. The zero-order valence-electron chi connectivity index (χ0n) is 16.3. The molecule has 5 nitrogen and oxygen atoms in total. The van der Waals surface area contributed by atoms with Crippen LogP contribution in [-0.2, 0) is 13.0 Å². The highest BCUT2D eigenvalue weighted by Gasteiger charge is 2.41. The summed E-state index contributed by atoms with van der Waals surface area (Å²) in [6, 6.07) is 6.88. The maximum atomic E-state index is 13.1. The van der Waals surface area contributed by atoms with Crippen LogP contribution in [0.3, 0.4) is 0 Å². The maximum Gasteiger partial charge on any atom is 0.222 e. The van der Waals surface area contributed by atoms with Crippen molar-refractivity contribution in [2.75, 3.05) is 44.6 Å². The molecule has 0 unspecified atom stereocenters. The van der Waals surface area contributed by atoms with E-state index in [0.29, 0.717) is 11.8 Å². The molecule has 2 aliphatic heterocycles. The summed E-state index contributed by atoms with van der Waals surface area (Å²) in [7, 11) is 0. The van der Waals surface area contributed by atoms with E-state index in [2.05, 4.69) is 20.1 Å². The van der Waals surface area contributed by atoms with Crippen LogP contribution in [0.15, 0.2) is 30.5 Å². The number of fused-ring (bicyclic) bond motifs is 3. The van der Waals surface area contributed by atoms with Crippen molar-refractivity contribution in [1.82, 2.24) is 19.8 Å². The highest BCUT2D eigenvalue weighted by molar-refractivity contribution is 5.37. The number of nitrogens with one attached hydrogen (secondary N) is 1. The van der Waals surface area contributed by atoms with Gasteiger partial charge in [-0.15, -0.1) is 0 Å². The van der Waals surface area contributed by atoms with Crippen molar-refractivity contribution in [3.05, 3.63) is 53.1 Å². The van der Waals surface area contributed by atoms with Crippen molar-refractivity contribution in [1.29, 1.82) is 0 Å². The van der Waals surface area contributed by atoms with Crippen LogP contribution in [-0.4, -0.2) is 59.0 Å². The topological polar surface area (TPSA) is 44.3 Å². The Kier molecular flexibility index (Phi) is 4.99. The van der Waals surface area contributed by atoms with Crippen LogP contribution in [0.2, 0.25) is 0 Å². The Balaban J connectivity index is 1.20. The van der Waals surface area contributed by atoms with E-state index in [9.17, 15) is 4.39 Å². The van der Waals surface area contributed by atoms with Crippen LogP contribution in [0.25, 0.3) is 0 Å². The first kappa shape index (κ1) is 18.0. The Morgan fingerprint density at radius 1 is 1.07 bits per heavy atom. The maximum absolute atomic E-state index is 13.1. The summed E-state index contributed by atoms with van der Waals surface area (Å²) in [5, 5.41) is 3.42. The number of hydrogen-bond donors (Lipinski definition) is 1. The number of aromatic nitrogens is 2. The van der Waals surface area contributed by atoms with Crippen molar-refractivity contribution in [2.45, 2.75) is 31.7 Å². The van der Waals surface area contributed by atoms with Crippen molar-refractivity contribution in [3.63, 3.8) is 0 Å². The smallest absolute Gasteiger partial charge is 0.222 e. The van der Waals surface area contributed by atoms with Crippen LogP contribution < -0.4 is 5.32 Å². The van der Waals surface area contributed by atoms with Gasteiger partial charge in [0.05, 0.1) is 5.69 Å². The summed E-state index contributed by atoms with van der Waals surface area (Å²) in [5.41, 5.74) is 3.74. The van der Waals surface area contributed by atoms with E-state index < -0.39 is 0 Å². The molecule has 1 N–H and O–H groups in total. The van der Waals surface area contributed by atoms with Gasteiger partial charge in [-0.05, 0) is 61.5 Å². The van der Waals surface area contributed by atoms with Gasteiger partial charge in [-0.2, -0.15) is 0 Å². The first-order chi connectivity index (χ1) is 13.7. The molecule has 2 aromatic rings. The van der Waals surface area contributed by atoms with E-state index in [4.69, 9.17) is 4.98 Å². The number of benzene rings is 1. The monoisotopic (exact) mass is 381 g/mol. The van der Waals surface area contributed by atoms with E-state index >= 15 is 0 Å². The molecule has 0 saturated carbocycles. The number of rotatable bonds is 6. The highest BCUT2D eigenvalue weighted by Crippen LogP contribution is 2.42. The Hall–Kier alpha value is -2.05. The van der Waals surface area contributed by atoms with Crippen LogP contribution in [0, 0.1) is 11.7 Å². The Bertz CT molecular complexity index is 818. The van der Waals surface area contributed by atoms with Gasteiger partial charge in [0.2, 0.25) is 5.95 Å². The molecule has 3 heterocycles. The number of halogens is 1. The molecule has 0 radical (unpaired) electrons. The van der Waals surface area contributed by atoms with Crippen LogP contribution >= 0.6 is 0 Å². The van der Waals surface area contributed by atoms with Crippen molar-refractivity contribution < 1.29 is 4.39 Å². The molecule has 0 spiro atoms. The molecule has 0 amide bonds. The van der Waals surface area contributed by atoms with E-state index in [1.54, 1.807) is 12.1 Å². The quantitative estimate of drug-likeness (QED) is 0.834. The van der Waals surface area contributed by atoms with Gasteiger partial charge in [0.15, 0.2) is 0 Å².